The van der Waals surface area contributed by atoms with E-state index < -0.39 is 29.5 Å². The molecule has 0 spiro atoms. The molecule has 1 saturated heterocycles. The minimum Gasteiger partial charge on any atom is -0.494 e. The summed E-state index contributed by atoms with van der Waals surface area (Å²) in [5, 5.41) is 2.59. The zero-order chi connectivity index (χ0) is 18.6. The topological polar surface area (TPSA) is 77.1 Å². The van der Waals surface area contributed by atoms with Gasteiger partial charge in [0.15, 0.2) is 11.6 Å². The Kier molecular flexibility index (Phi) is 5.84. The van der Waals surface area contributed by atoms with Crippen LogP contribution in [0.3, 0.4) is 0 Å². The summed E-state index contributed by atoms with van der Waals surface area (Å²) < 4.78 is 29.2. The summed E-state index contributed by atoms with van der Waals surface area (Å²) in [6.07, 6.45) is -0.586. The quantitative estimate of drug-likeness (QED) is 0.902. The van der Waals surface area contributed by atoms with Gasteiger partial charge in [0, 0.05) is 18.3 Å². The molecule has 1 atom stereocenters. The van der Waals surface area contributed by atoms with Crippen LogP contribution in [0.5, 0.6) is 5.75 Å². The van der Waals surface area contributed by atoms with Crippen molar-refractivity contribution in [2.45, 2.75) is 32.4 Å². The van der Waals surface area contributed by atoms with Crippen LogP contribution >= 0.6 is 0 Å². The number of morpholine rings is 1. The minimum absolute atomic E-state index is 0.0454. The van der Waals surface area contributed by atoms with Crippen molar-refractivity contribution in [3.05, 3.63) is 24.0 Å². The number of methoxy groups -OCH3 is 1. The van der Waals surface area contributed by atoms with E-state index in [1.807, 2.05) is 0 Å². The standard InChI is InChI=1S/C17H23FN2O5/c1-17(2,3)25-16(22)20-7-8-24-10-13(20)15(21)19-11-5-6-14(23-4)12(18)9-11/h5-6,9,13H,7-8,10H2,1-4H3,(H,19,21)/t13-/m1/s1. The Morgan fingerprint density at radius 1 is 1.36 bits per heavy atom. The SMILES string of the molecule is COc1ccc(NC(=O)[C@H]2COCCN2C(=O)OC(C)(C)C)cc1F. The lowest BCUT2D eigenvalue weighted by molar-refractivity contribution is -0.127. The predicted octanol–water partition coefficient (Wildman–Crippen LogP) is 2.41. The molecule has 0 aliphatic carbocycles. The maximum absolute atomic E-state index is 13.7. The highest BCUT2D eigenvalue weighted by Crippen LogP contribution is 2.22. The maximum atomic E-state index is 13.7. The normalized spacial score (nSPS) is 17.8. The molecule has 1 aliphatic heterocycles. The molecule has 1 heterocycles. The highest BCUT2D eigenvalue weighted by Gasteiger charge is 2.35. The second-order valence-electron chi connectivity index (χ2n) is 6.60. The molecule has 0 radical (unpaired) electrons. The van der Waals surface area contributed by atoms with Gasteiger partial charge in [-0.3, -0.25) is 9.69 Å². The number of benzene rings is 1. The van der Waals surface area contributed by atoms with E-state index >= 15 is 0 Å². The molecular weight excluding hydrogens is 331 g/mol. The minimum atomic E-state index is -0.853. The van der Waals surface area contributed by atoms with Gasteiger partial charge in [-0.25, -0.2) is 9.18 Å². The number of nitrogens with one attached hydrogen (secondary N) is 1. The van der Waals surface area contributed by atoms with Gasteiger partial charge in [0.1, 0.15) is 11.6 Å². The smallest absolute Gasteiger partial charge is 0.411 e. The fourth-order valence-corrected chi connectivity index (χ4v) is 2.33. The van der Waals surface area contributed by atoms with Crippen LogP contribution in [0.1, 0.15) is 20.8 Å². The maximum Gasteiger partial charge on any atom is 0.411 e. The number of hydrogen-bond donors (Lipinski definition) is 1. The zero-order valence-corrected chi connectivity index (χ0v) is 14.8. The van der Waals surface area contributed by atoms with Gasteiger partial charge in [-0.15, -0.1) is 0 Å². The third kappa shape index (κ3) is 5.06. The number of rotatable bonds is 3. The Morgan fingerprint density at radius 2 is 2.08 bits per heavy atom. The summed E-state index contributed by atoms with van der Waals surface area (Å²) in [5.74, 6) is -0.992. The summed E-state index contributed by atoms with van der Waals surface area (Å²) in [5.41, 5.74) is -0.409. The first-order valence-electron chi connectivity index (χ1n) is 7.93. The first kappa shape index (κ1) is 19.0. The van der Waals surface area contributed by atoms with E-state index in [4.69, 9.17) is 14.2 Å². The van der Waals surface area contributed by atoms with Crippen LogP contribution in [-0.4, -0.2) is 55.4 Å². The molecule has 25 heavy (non-hydrogen) atoms. The molecule has 1 aromatic carbocycles. The molecule has 0 bridgehead atoms. The molecule has 138 valence electrons. The van der Waals surface area contributed by atoms with Crippen molar-refractivity contribution in [3.8, 4) is 5.75 Å². The van der Waals surface area contributed by atoms with Gasteiger partial charge in [0.2, 0.25) is 5.91 Å². The monoisotopic (exact) mass is 354 g/mol. The van der Waals surface area contributed by atoms with E-state index in [1.54, 1.807) is 20.8 Å². The molecular formula is C17H23FN2O5. The Morgan fingerprint density at radius 3 is 2.68 bits per heavy atom. The predicted molar refractivity (Wildman–Crippen MR) is 89.1 cm³/mol. The highest BCUT2D eigenvalue weighted by molar-refractivity contribution is 5.96. The number of nitrogens with zero attached hydrogens (tertiary/aromatic N) is 1. The van der Waals surface area contributed by atoms with Crippen LogP contribution in [0.15, 0.2) is 18.2 Å². The van der Waals surface area contributed by atoms with Crippen molar-refractivity contribution in [2.75, 3.05) is 32.2 Å². The van der Waals surface area contributed by atoms with E-state index in [0.29, 0.717) is 6.61 Å². The number of ether oxygens (including phenoxy) is 3. The molecule has 0 saturated carbocycles. The van der Waals surface area contributed by atoms with Gasteiger partial charge in [0.05, 0.1) is 20.3 Å². The zero-order valence-electron chi connectivity index (χ0n) is 14.8. The van der Waals surface area contributed by atoms with Crippen molar-refractivity contribution < 1.29 is 28.2 Å². The number of carbonyl (C=O) groups excluding carboxylic acids is 2. The Bertz CT molecular complexity index is 644. The van der Waals surface area contributed by atoms with E-state index in [0.717, 1.165) is 6.07 Å². The summed E-state index contributed by atoms with van der Waals surface area (Å²) >= 11 is 0. The van der Waals surface area contributed by atoms with Crippen LogP contribution in [0, 0.1) is 5.82 Å². The van der Waals surface area contributed by atoms with E-state index in [1.165, 1.54) is 24.1 Å². The third-order valence-corrected chi connectivity index (χ3v) is 3.48. The molecule has 1 fully saturated rings. The van der Waals surface area contributed by atoms with Gasteiger partial charge in [-0.05, 0) is 32.9 Å². The summed E-state index contributed by atoms with van der Waals surface area (Å²) in [7, 11) is 1.36. The highest BCUT2D eigenvalue weighted by atomic mass is 19.1. The number of anilines is 1. The van der Waals surface area contributed by atoms with Gasteiger partial charge < -0.3 is 19.5 Å². The van der Waals surface area contributed by atoms with Gasteiger partial charge >= 0.3 is 6.09 Å². The van der Waals surface area contributed by atoms with E-state index in [-0.39, 0.29) is 24.6 Å². The van der Waals surface area contributed by atoms with Gasteiger partial charge in [-0.1, -0.05) is 0 Å². The Labute approximate surface area is 146 Å². The van der Waals surface area contributed by atoms with Crippen LogP contribution in [0.25, 0.3) is 0 Å². The van der Waals surface area contributed by atoms with Crippen molar-refractivity contribution in [3.63, 3.8) is 0 Å². The lowest BCUT2D eigenvalue weighted by Crippen LogP contribution is -2.55. The summed E-state index contributed by atoms with van der Waals surface area (Å²) in [6.45, 7) is 5.86. The van der Waals surface area contributed by atoms with Crippen LogP contribution < -0.4 is 10.1 Å². The van der Waals surface area contributed by atoms with E-state index in [2.05, 4.69) is 5.32 Å². The van der Waals surface area contributed by atoms with E-state index in [9.17, 15) is 14.0 Å². The lowest BCUT2D eigenvalue weighted by Gasteiger charge is -2.35. The number of halogens is 1. The molecule has 0 aromatic heterocycles. The molecule has 7 nitrogen and oxygen atoms in total. The molecule has 2 amide bonds. The largest absolute Gasteiger partial charge is 0.494 e. The van der Waals surface area contributed by atoms with Gasteiger partial charge in [0.25, 0.3) is 0 Å². The molecule has 1 aromatic rings. The van der Waals surface area contributed by atoms with Crippen molar-refractivity contribution in [2.24, 2.45) is 0 Å². The summed E-state index contributed by atoms with van der Waals surface area (Å²) in [4.78, 5) is 26.2. The average molecular weight is 354 g/mol. The van der Waals surface area contributed by atoms with Crippen LogP contribution in [0.4, 0.5) is 14.9 Å². The number of hydrogen-bond acceptors (Lipinski definition) is 5. The van der Waals surface area contributed by atoms with Crippen molar-refractivity contribution in [1.29, 1.82) is 0 Å². The molecule has 1 aliphatic rings. The lowest BCUT2D eigenvalue weighted by atomic mass is 10.2. The molecule has 8 heteroatoms. The molecule has 1 N–H and O–H groups in total. The van der Waals surface area contributed by atoms with Crippen LogP contribution in [-0.2, 0) is 14.3 Å². The molecule has 0 unspecified atom stereocenters. The first-order chi connectivity index (χ1) is 11.7. The van der Waals surface area contributed by atoms with Crippen molar-refractivity contribution >= 4 is 17.7 Å². The van der Waals surface area contributed by atoms with Gasteiger partial charge in [-0.2, -0.15) is 0 Å². The number of carbonyl (C=O) groups is 2. The van der Waals surface area contributed by atoms with Crippen LogP contribution in [0.2, 0.25) is 0 Å². The molecule has 2 rings (SSSR count). The number of amides is 2. The Balaban J connectivity index is 2.09. The first-order valence-corrected chi connectivity index (χ1v) is 7.93. The average Bonchev–Trinajstić information content (AvgIpc) is 2.53. The fraction of sp³-hybridized carbons (Fsp3) is 0.529. The second kappa shape index (κ2) is 7.69. The third-order valence-electron chi connectivity index (χ3n) is 3.48. The van der Waals surface area contributed by atoms with Crippen molar-refractivity contribution in [1.82, 2.24) is 4.90 Å². The fourth-order valence-electron chi connectivity index (χ4n) is 2.33. The second-order valence-corrected chi connectivity index (χ2v) is 6.60. The summed E-state index contributed by atoms with van der Waals surface area (Å²) in [6, 6.07) is 3.22. The Hall–Kier alpha value is -2.35.